The molecular weight excluding hydrogens is 463 g/mol. The van der Waals surface area contributed by atoms with Gasteiger partial charge in [0.05, 0.1) is 26.3 Å². The third kappa shape index (κ3) is 5.19. The summed E-state index contributed by atoms with van der Waals surface area (Å²) in [4.78, 5) is 29.3. The Balaban J connectivity index is 1.32. The number of rotatable bonds is 4. The van der Waals surface area contributed by atoms with Crippen LogP contribution in [0.25, 0.3) is 0 Å². The Bertz CT molecular complexity index is 1050. The SMILES string of the molecule is O=C1CN(c2c(O)cc(CNC3=NCC(OC(=O)N4CCOCC4)CN3)cc2F)S(=O)(=O)N1. The van der Waals surface area contributed by atoms with Crippen molar-refractivity contribution in [1.29, 1.82) is 0 Å². The van der Waals surface area contributed by atoms with Gasteiger partial charge in [0.2, 0.25) is 0 Å². The highest BCUT2D eigenvalue weighted by atomic mass is 32.2. The first kappa shape index (κ1) is 22.8. The van der Waals surface area contributed by atoms with Crippen LogP contribution in [-0.2, 0) is 31.0 Å². The van der Waals surface area contributed by atoms with Gasteiger partial charge in [-0.2, -0.15) is 8.42 Å². The van der Waals surface area contributed by atoms with E-state index in [0.717, 1.165) is 6.07 Å². The topological polar surface area (TPSA) is 162 Å². The lowest BCUT2D eigenvalue weighted by Gasteiger charge is -2.29. The van der Waals surface area contributed by atoms with Gasteiger partial charge in [0, 0.05) is 19.6 Å². The molecule has 2 fully saturated rings. The maximum Gasteiger partial charge on any atom is 0.410 e. The van der Waals surface area contributed by atoms with Crippen LogP contribution >= 0.6 is 0 Å². The number of hydrogen-bond donors (Lipinski definition) is 4. The molecule has 2 amide bonds. The third-order valence-corrected chi connectivity index (χ3v) is 6.50. The Morgan fingerprint density at radius 2 is 2.12 bits per heavy atom. The lowest BCUT2D eigenvalue weighted by molar-refractivity contribution is -0.117. The molecule has 3 aliphatic rings. The number of ether oxygens (including phenoxy) is 2. The van der Waals surface area contributed by atoms with Gasteiger partial charge in [-0.15, -0.1) is 0 Å². The molecule has 3 heterocycles. The lowest BCUT2D eigenvalue weighted by atomic mass is 10.1. The number of halogens is 1. The summed E-state index contributed by atoms with van der Waals surface area (Å²) >= 11 is 0. The summed E-state index contributed by atoms with van der Waals surface area (Å²) in [7, 11) is -4.25. The molecule has 0 saturated carbocycles. The van der Waals surface area contributed by atoms with Crippen molar-refractivity contribution in [2.45, 2.75) is 12.6 Å². The van der Waals surface area contributed by atoms with E-state index in [1.54, 1.807) is 9.62 Å². The Hall–Kier alpha value is -3.33. The van der Waals surface area contributed by atoms with Gasteiger partial charge in [-0.25, -0.2) is 23.2 Å². The molecule has 4 rings (SSSR count). The van der Waals surface area contributed by atoms with Gasteiger partial charge in [0.15, 0.2) is 11.8 Å². The molecule has 1 aromatic rings. The Morgan fingerprint density at radius 1 is 1.36 bits per heavy atom. The van der Waals surface area contributed by atoms with Crippen LogP contribution in [0.2, 0.25) is 0 Å². The molecule has 1 aromatic carbocycles. The molecular formula is C18H23FN6O7S. The summed E-state index contributed by atoms with van der Waals surface area (Å²) in [5, 5.41) is 16.1. The molecule has 0 bridgehead atoms. The highest BCUT2D eigenvalue weighted by Gasteiger charge is 2.37. The zero-order chi connectivity index (χ0) is 23.6. The minimum atomic E-state index is -4.25. The van der Waals surface area contributed by atoms with Crippen LogP contribution in [-0.4, -0.2) is 88.4 Å². The van der Waals surface area contributed by atoms with Crippen LogP contribution in [0.15, 0.2) is 17.1 Å². The Kier molecular flexibility index (Phi) is 6.42. The van der Waals surface area contributed by atoms with Gasteiger partial charge in [-0.05, 0) is 17.7 Å². The molecule has 15 heteroatoms. The molecule has 0 spiro atoms. The Labute approximate surface area is 188 Å². The number of carbonyl (C=O) groups excluding carboxylic acids is 2. The normalized spacial score (nSPS) is 22.3. The number of phenolic OH excluding ortho intramolecular Hbond substituents is 1. The van der Waals surface area contributed by atoms with E-state index in [-0.39, 0.29) is 13.1 Å². The van der Waals surface area contributed by atoms with Gasteiger partial charge in [-0.3, -0.25) is 4.79 Å². The first-order valence-electron chi connectivity index (χ1n) is 10.1. The van der Waals surface area contributed by atoms with Crippen LogP contribution in [0.4, 0.5) is 14.9 Å². The highest BCUT2D eigenvalue weighted by Crippen LogP contribution is 2.34. The number of nitrogens with zero attached hydrogens (tertiary/aromatic N) is 3. The highest BCUT2D eigenvalue weighted by molar-refractivity contribution is 7.92. The van der Waals surface area contributed by atoms with Crippen molar-refractivity contribution >= 4 is 33.9 Å². The van der Waals surface area contributed by atoms with Gasteiger partial charge in [-0.1, -0.05) is 0 Å². The number of aromatic hydroxyl groups is 1. The van der Waals surface area contributed by atoms with Gasteiger partial charge >= 0.3 is 16.3 Å². The molecule has 2 saturated heterocycles. The van der Waals surface area contributed by atoms with Crippen LogP contribution in [0.3, 0.4) is 0 Å². The van der Waals surface area contributed by atoms with Crippen LogP contribution in [0, 0.1) is 5.82 Å². The van der Waals surface area contributed by atoms with E-state index < -0.39 is 52.1 Å². The summed E-state index contributed by atoms with van der Waals surface area (Å²) in [6, 6.07) is 2.25. The van der Waals surface area contributed by atoms with Crippen molar-refractivity contribution in [1.82, 2.24) is 20.3 Å². The zero-order valence-electron chi connectivity index (χ0n) is 17.4. The smallest absolute Gasteiger partial charge is 0.410 e. The van der Waals surface area contributed by atoms with E-state index in [1.807, 2.05) is 0 Å². The van der Waals surface area contributed by atoms with Crippen LogP contribution < -0.4 is 19.7 Å². The van der Waals surface area contributed by atoms with Gasteiger partial charge in [0.1, 0.15) is 24.1 Å². The number of nitrogens with one attached hydrogen (secondary N) is 3. The minimum absolute atomic E-state index is 0.0682. The van der Waals surface area contributed by atoms with Crippen molar-refractivity contribution in [2.24, 2.45) is 4.99 Å². The second-order valence-electron chi connectivity index (χ2n) is 7.51. The van der Waals surface area contributed by atoms with Crippen molar-refractivity contribution in [3.63, 3.8) is 0 Å². The van der Waals surface area contributed by atoms with Crippen molar-refractivity contribution in [3.05, 3.63) is 23.5 Å². The predicted octanol–water partition coefficient (Wildman–Crippen LogP) is -1.40. The van der Waals surface area contributed by atoms with Crippen molar-refractivity contribution in [3.8, 4) is 5.75 Å². The summed E-state index contributed by atoms with van der Waals surface area (Å²) in [6.45, 7) is 1.92. The van der Waals surface area contributed by atoms with Crippen LogP contribution in [0.5, 0.6) is 5.75 Å². The number of hydrogen-bond acceptors (Lipinski definition) is 10. The Morgan fingerprint density at radius 3 is 2.73 bits per heavy atom. The molecule has 0 aliphatic carbocycles. The molecule has 0 radical (unpaired) electrons. The average molecular weight is 486 g/mol. The van der Waals surface area contributed by atoms with Gasteiger partial charge < -0.3 is 30.1 Å². The quantitative estimate of drug-likeness (QED) is 0.401. The maximum atomic E-state index is 14.6. The number of anilines is 1. The number of guanidine groups is 1. The van der Waals surface area contributed by atoms with Crippen LogP contribution in [0.1, 0.15) is 5.56 Å². The number of carbonyl (C=O) groups is 2. The summed E-state index contributed by atoms with van der Waals surface area (Å²) in [6.07, 6.45) is -0.856. The average Bonchev–Trinajstić information content (AvgIpc) is 3.05. The van der Waals surface area contributed by atoms with Crippen molar-refractivity contribution in [2.75, 3.05) is 50.2 Å². The second-order valence-corrected chi connectivity index (χ2v) is 9.11. The number of amides is 2. The largest absolute Gasteiger partial charge is 0.506 e. The van der Waals surface area contributed by atoms with E-state index in [1.165, 1.54) is 6.07 Å². The summed E-state index contributed by atoms with van der Waals surface area (Å²) < 4.78 is 51.2. The second kappa shape index (κ2) is 9.27. The first-order valence-corrected chi connectivity index (χ1v) is 11.6. The summed E-state index contributed by atoms with van der Waals surface area (Å²) in [5.41, 5.74) is -0.287. The fourth-order valence-electron chi connectivity index (χ4n) is 3.50. The number of benzene rings is 1. The molecule has 180 valence electrons. The maximum absolute atomic E-state index is 14.6. The summed E-state index contributed by atoms with van der Waals surface area (Å²) in [5.74, 6) is -2.05. The first-order chi connectivity index (χ1) is 15.7. The molecule has 3 aliphatic heterocycles. The number of phenols is 1. The predicted molar refractivity (Wildman–Crippen MR) is 112 cm³/mol. The van der Waals surface area contributed by atoms with E-state index >= 15 is 0 Å². The van der Waals surface area contributed by atoms with Gasteiger partial charge in [0.25, 0.3) is 5.91 Å². The molecule has 13 nitrogen and oxygen atoms in total. The zero-order valence-corrected chi connectivity index (χ0v) is 18.2. The molecule has 1 atom stereocenters. The van der Waals surface area contributed by atoms with Crippen molar-refractivity contribution < 1.29 is 37.0 Å². The fourth-order valence-corrected chi connectivity index (χ4v) is 4.67. The monoisotopic (exact) mass is 486 g/mol. The van der Waals surface area contributed by atoms with E-state index in [4.69, 9.17) is 9.47 Å². The van der Waals surface area contributed by atoms with E-state index in [9.17, 15) is 27.5 Å². The molecule has 0 aromatic heterocycles. The number of morpholine rings is 1. The third-order valence-electron chi connectivity index (χ3n) is 5.12. The molecule has 33 heavy (non-hydrogen) atoms. The van der Waals surface area contributed by atoms with E-state index in [2.05, 4.69) is 15.6 Å². The molecule has 4 N–H and O–H groups in total. The lowest BCUT2D eigenvalue weighted by Crippen LogP contribution is -2.49. The standard InChI is InChI=1S/C18H23FN6O7S/c19-13-5-11(6-14(26)16(13)25-10-15(27)23-33(25,29)30)7-20-17-21-8-12(9-22-17)32-18(28)24-1-3-31-4-2-24/h5-6,12,26H,1-4,7-10H2,(H,23,27)(H2,20,21,22). The minimum Gasteiger partial charge on any atom is -0.506 e. The fraction of sp³-hybridized carbons (Fsp3) is 0.500. The molecule has 1 unspecified atom stereocenters. The number of aliphatic imine (C=N–C) groups is 1. The van der Waals surface area contributed by atoms with E-state index in [0.29, 0.717) is 48.7 Å².